The van der Waals surface area contributed by atoms with Gasteiger partial charge in [-0.3, -0.25) is 0 Å². The number of nitrogens with one attached hydrogen (secondary N) is 1. The Hall–Kier alpha value is -1.12. The van der Waals surface area contributed by atoms with Crippen molar-refractivity contribution in [1.82, 2.24) is 5.32 Å². The molecule has 1 atom stereocenters. The van der Waals surface area contributed by atoms with Crippen LogP contribution in [0, 0.1) is 0 Å². The van der Waals surface area contributed by atoms with Crippen LogP contribution in [-0.4, -0.2) is 6.54 Å². The molecule has 21 heavy (non-hydrogen) atoms. The van der Waals surface area contributed by atoms with E-state index < -0.39 is 0 Å². The van der Waals surface area contributed by atoms with E-state index in [0.717, 1.165) is 30.3 Å². The Labute approximate surface area is 136 Å². The smallest absolute Gasteiger partial charge is 0.0363 e. The predicted molar refractivity (Wildman–Crippen MR) is 94.7 cm³/mol. The third kappa shape index (κ3) is 4.69. The number of benzene rings is 2. The van der Waals surface area contributed by atoms with Gasteiger partial charge in [-0.15, -0.1) is 0 Å². The molecule has 2 heteroatoms. The first-order chi connectivity index (χ1) is 10.2. The van der Waals surface area contributed by atoms with Crippen molar-refractivity contribution in [3.05, 3.63) is 69.7 Å². The number of aryl methyl sites for hydroxylation is 1. The SMILES string of the molecule is CCCNC(Cc1cccc(Br)c1)c1ccccc1CC. The molecule has 0 aliphatic heterocycles. The molecule has 0 bridgehead atoms. The van der Waals surface area contributed by atoms with E-state index in [9.17, 15) is 0 Å². The zero-order chi connectivity index (χ0) is 15.1. The summed E-state index contributed by atoms with van der Waals surface area (Å²) >= 11 is 3.57. The lowest BCUT2D eigenvalue weighted by molar-refractivity contribution is 0.526. The summed E-state index contributed by atoms with van der Waals surface area (Å²) < 4.78 is 1.15. The number of hydrogen-bond donors (Lipinski definition) is 1. The van der Waals surface area contributed by atoms with Gasteiger partial charge in [0.1, 0.15) is 0 Å². The van der Waals surface area contributed by atoms with Crippen molar-refractivity contribution in [2.45, 2.75) is 39.2 Å². The molecule has 0 heterocycles. The maximum Gasteiger partial charge on any atom is 0.0363 e. The fourth-order valence-corrected chi connectivity index (χ4v) is 3.15. The first kappa shape index (κ1) is 16.3. The van der Waals surface area contributed by atoms with Crippen molar-refractivity contribution >= 4 is 15.9 Å². The summed E-state index contributed by atoms with van der Waals surface area (Å²) in [6, 6.07) is 17.8. The van der Waals surface area contributed by atoms with Gasteiger partial charge in [-0.25, -0.2) is 0 Å². The molecule has 112 valence electrons. The van der Waals surface area contributed by atoms with Gasteiger partial charge < -0.3 is 5.32 Å². The molecule has 2 rings (SSSR count). The van der Waals surface area contributed by atoms with Crippen LogP contribution in [0.5, 0.6) is 0 Å². The molecule has 2 aromatic carbocycles. The van der Waals surface area contributed by atoms with Crippen LogP contribution in [0.1, 0.15) is 43.0 Å². The minimum absolute atomic E-state index is 0.385. The van der Waals surface area contributed by atoms with Crippen LogP contribution in [0.2, 0.25) is 0 Å². The van der Waals surface area contributed by atoms with E-state index >= 15 is 0 Å². The normalized spacial score (nSPS) is 12.3. The summed E-state index contributed by atoms with van der Waals surface area (Å²) in [4.78, 5) is 0. The molecule has 2 aromatic rings. The number of halogens is 1. The second kappa shape index (κ2) is 8.35. The maximum atomic E-state index is 3.71. The number of rotatable bonds is 7. The van der Waals surface area contributed by atoms with Crippen LogP contribution in [-0.2, 0) is 12.8 Å². The third-order valence-corrected chi connectivity index (χ3v) is 4.27. The minimum atomic E-state index is 0.385. The van der Waals surface area contributed by atoms with Gasteiger partial charge in [0.15, 0.2) is 0 Å². The van der Waals surface area contributed by atoms with Gasteiger partial charge in [-0.05, 0) is 54.6 Å². The molecule has 1 nitrogen and oxygen atoms in total. The molecule has 0 amide bonds. The zero-order valence-electron chi connectivity index (χ0n) is 12.9. The second-order valence-electron chi connectivity index (χ2n) is 5.39. The lowest BCUT2D eigenvalue weighted by atomic mass is 9.93. The lowest BCUT2D eigenvalue weighted by Gasteiger charge is -2.22. The fraction of sp³-hybridized carbons (Fsp3) is 0.368. The molecular formula is C19H24BrN. The molecule has 0 spiro atoms. The summed E-state index contributed by atoms with van der Waals surface area (Å²) in [7, 11) is 0. The molecule has 1 unspecified atom stereocenters. The zero-order valence-corrected chi connectivity index (χ0v) is 14.5. The van der Waals surface area contributed by atoms with E-state index in [-0.39, 0.29) is 0 Å². The molecular weight excluding hydrogens is 322 g/mol. The third-order valence-electron chi connectivity index (χ3n) is 3.78. The van der Waals surface area contributed by atoms with E-state index in [1.807, 2.05) is 0 Å². The van der Waals surface area contributed by atoms with Crippen molar-refractivity contribution in [2.24, 2.45) is 0 Å². The van der Waals surface area contributed by atoms with Crippen LogP contribution >= 0.6 is 15.9 Å². The lowest BCUT2D eigenvalue weighted by Crippen LogP contribution is -2.25. The van der Waals surface area contributed by atoms with E-state index in [2.05, 4.69) is 83.6 Å². The maximum absolute atomic E-state index is 3.71. The summed E-state index contributed by atoms with van der Waals surface area (Å²) in [5.74, 6) is 0. The van der Waals surface area contributed by atoms with Gasteiger partial charge in [0, 0.05) is 10.5 Å². The van der Waals surface area contributed by atoms with E-state index in [4.69, 9.17) is 0 Å². The summed E-state index contributed by atoms with van der Waals surface area (Å²) in [6.07, 6.45) is 3.26. The predicted octanol–water partition coefficient (Wildman–Crippen LogP) is 5.29. The number of hydrogen-bond acceptors (Lipinski definition) is 1. The average molecular weight is 346 g/mol. The van der Waals surface area contributed by atoms with Crippen LogP contribution in [0.15, 0.2) is 53.0 Å². The molecule has 0 saturated carbocycles. The van der Waals surface area contributed by atoms with Crippen molar-refractivity contribution in [1.29, 1.82) is 0 Å². The Kier molecular flexibility index (Phi) is 6.47. The van der Waals surface area contributed by atoms with Gasteiger partial charge in [0.25, 0.3) is 0 Å². The molecule has 0 aromatic heterocycles. The molecule has 0 aliphatic carbocycles. The highest BCUT2D eigenvalue weighted by molar-refractivity contribution is 9.10. The van der Waals surface area contributed by atoms with E-state index in [0.29, 0.717) is 6.04 Å². The van der Waals surface area contributed by atoms with Crippen LogP contribution in [0.25, 0.3) is 0 Å². The highest BCUT2D eigenvalue weighted by atomic mass is 79.9. The van der Waals surface area contributed by atoms with Gasteiger partial charge in [-0.1, -0.05) is 66.2 Å². The van der Waals surface area contributed by atoms with Gasteiger partial charge in [0.05, 0.1) is 0 Å². The van der Waals surface area contributed by atoms with Gasteiger partial charge in [-0.2, -0.15) is 0 Å². The van der Waals surface area contributed by atoms with Crippen molar-refractivity contribution in [3.63, 3.8) is 0 Å². The molecule has 0 aliphatic rings. The van der Waals surface area contributed by atoms with Crippen molar-refractivity contribution < 1.29 is 0 Å². The van der Waals surface area contributed by atoms with E-state index in [1.54, 1.807) is 0 Å². The highest BCUT2D eigenvalue weighted by Crippen LogP contribution is 2.24. The standard InChI is InChI=1S/C19H24BrN/c1-3-12-21-19(14-15-8-7-10-17(20)13-15)18-11-6-5-9-16(18)4-2/h5-11,13,19,21H,3-4,12,14H2,1-2H3. The molecule has 1 N–H and O–H groups in total. The Morgan fingerprint density at radius 2 is 1.86 bits per heavy atom. The molecule has 0 radical (unpaired) electrons. The topological polar surface area (TPSA) is 12.0 Å². The van der Waals surface area contributed by atoms with Gasteiger partial charge in [0.2, 0.25) is 0 Å². The first-order valence-electron chi connectivity index (χ1n) is 7.80. The molecule has 0 saturated heterocycles. The van der Waals surface area contributed by atoms with Crippen molar-refractivity contribution in [3.8, 4) is 0 Å². The Morgan fingerprint density at radius 3 is 2.57 bits per heavy atom. The summed E-state index contributed by atoms with van der Waals surface area (Å²) in [6.45, 7) is 5.50. The highest BCUT2D eigenvalue weighted by Gasteiger charge is 2.14. The van der Waals surface area contributed by atoms with Crippen LogP contribution in [0.4, 0.5) is 0 Å². The van der Waals surface area contributed by atoms with E-state index in [1.165, 1.54) is 16.7 Å². The Bertz CT molecular complexity index is 565. The Balaban J connectivity index is 2.25. The van der Waals surface area contributed by atoms with Crippen molar-refractivity contribution in [2.75, 3.05) is 6.54 Å². The second-order valence-corrected chi connectivity index (χ2v) is 6.31. The fourth-order valence-electron chi connectivity index (χ4n) is 2.71. The Morgan fingerprint density at radius 1 is 1.05 bits per heavy atom. The van der Waals surface area contributed by atoms with Crippen LogP contribution < -0.4 is 5.32 Å². The summed E-state index contributed by atoms with van der Waals surface area (Å²) in [5, 5.41) is 3.71. The minimum Gasteiger partial charge on any atom is -0.310 e. The first-order valence-corrected chi connectivity index (χ1v) is 8.59. The average Bonchev–Trinajstić information content (AvgIpc) is 2.51. The largest absolute Gasteiger partial charge is 0.310 e. The van der Waals surface area contributed by atoms with Crippen LogP contribution in [0.3, 0.4) is 0 Å². The quantitative estimate of drug-likeness (QED) is 0.718. The monoisotopic (exact) mass is 345 g/mol. The molecule has 0 fully saturated rings. The van der Waals surface area contributed by atoms with Gasteiger partial charge >= 0.3 is 0 Å². The summed E-state index contributed by atoms with van der Waals surface area (Å²) in [5.41, 5.74) is 4.25.